The predicted octanol–water partition coefficient (Wildman–Crippen LogP) is 6.55. The van der Waals surface area contributed by atoms with E-state index in [1.165, 1.54) is 32.0 Å². The molecule has 0 saturated carbocycles. The molecule has 0 spiro atoms. The molecule has 2 aromatic carbocycles. The van der Waals surface area contributed by atoms with Crippen molar-refractivity contribution in [2.45, 2.75) is 37.7 Å². The first-order valence-electron chi connectivity index (χ1n) is 14.0. The Morgan fingerprint density at radius 3 is 2.62 bits per heavy atom. The highest BCUT2D eigenvalue weighted by Gasteiger charge is 2.38. The van der Waals surface area contributed by atoms with Crippen LogP contribution < -0.4 is 15.4 Å². The number of nitrogens with two attached hydrogens (primary N) is 1. The minimum Gasteiger partial charge on any atom is -0.467 e. The Morgan fingerprint density at radius 2 is 1.98 bits per heavy atom. The quantitative estimate of drug-likeness (QED) is 0.234. The normalized spacial score (nSPS) is 18.1. The maximum Gasteiger partial charge on any atom is 0.417 e. The maximum atomic E-state index is 16.1. The van der Waals surface area contributed by atoms with Gasteiger partial charge in [-0.3, -0.25) is 4.90 Å². The fraction of sp³-hybridized carbons (Fsp3) is 0.433. The zero-order valence-corrected chi connectivity index (χ0v) is 25.5. The van der Waals surface area contributed by atoms with E-state index in [9.17, 15) is 27.2 Å². The number of hydrogen-bond acceptors (Lipinski definition) is 9. The summed E-state index contributed by atoms with van der Waals surface area (Å²) in [6.45, 7) is 2.31. The van der Waals surface area contributed by atoms with Crippen molar-refractivity contribution < 1.29 is 35.8 Å². The molecule has 0 aliphatic carbocycles. The number of aromatic nitrogens is 2. The van der Waals surface area contributed by atoms with Gasteiger partial charge in [0, 0.05) is 49.6 Å². The molecule has 0 amide bonds. The first kappa shape index (κ1) is 32.5. The number of ether oxygens (including phenoxy) is 2. The largest absolute Gasteiger partial charge is 0.467 e. The summed E-state index contributed by atoms with van der Waals surface area (Å²) in [7, 11) is 4.24. The van der Waals surface area contributed by atoms with Gasteiger partial charge in [0.2, 0.25) is 0 Å². The van der Waals surface area contributed by atoms with Crippen LogP contribution in [0.3, 0.4) is 0 Å². The van der Waals surface area contributed by atoms with Gasteiger partial charge in [0.1, 0.15) is 34.4 Å². The first-order chi connectivity index (χ1) is 21.4. The molecule has 2 atom stereocenters. The topological polar surface area (TPSA) is 101 Å². The number of nitrogens with zero attached hydrogens (tertiary/aromatic N) is 5. The van der Waals surface area contributed by atoms with Gasteiger partial charge in [-0.1, -0.05) is 6.07 Å². The fourth-order valence-electron chi connectivity index (χ4n) is 5.93. The summed E-state index contributed by atoms with van der Waals surface area (Å²) >= 11 is 0.694. The number of benzene rings is 2. The molecule has 2 fully saturated rings. The van der Waals surface area contributed by atoms with Gasteiger partial charge < -0.3 is 20.1 Å². The lowest BCUT2D eigenvalue weighted by atomic mass is 9.92. The van der Waals surface area contributed by atoms with Crippen LogP contribution in [0.15, 0.2) is 18.2 Å². The number of fused-ring (bicyclic) bond motifs is 3. The second-order valence-electron chi connectivity index (χ2n) is 10.8. The molecule has 2 N–H and O–H groups in total. The third kappa shape index (κ3) is 6.18. The lowest BCUT2D eigenvalue weighted by Crippen LogP contribution is -2.24. The summed E-state index contributed by atoms with van der Waals surface area (Å²) in [5, 5.41) is 9.04. The van der Waals surface area contributed by atoms with Gasteiger partial charge in [-0.25, -0.2) is 13.2 Å². The summed E-state index contributed by atoms with van der Waals surface area (Å²) in [6.07, 6.45) is -2.21. The lowest BCUT2D eigenvalue weighted by Gasteiger charge is -2.22. The zero-order chi connectivity index (χ0) is 32.6. The van der Waals surface area contributed by atoms with Crippen LogP contribution in [0.1, 0.15) is 30.4 Å². The minimum absolute atomic E-state index is 0.00778. The molecule has 2 unspecified atom stereocenters. The van der Waals surface area contributed by atoms with Crippen molar-refractivity contribution in [3.05, 3.63) is 41.0 Å². The minimum atomic E-state index is -5.03. The number of halogens is 6. The van der Waals surface area contributed by atoms with E-state index in [-0.39, 0.29) is 56.6 Å². The molecule has 15 heteroatoms. The van der Waals surface area contributed by atoms with E-state index in [4.69, 9.17) is 15.2 Å². The molecule has 0 radical (unpaired) electrons. The highest BCUT2D eigenvalue weighted by atomic mass is 32.1. The fourth-order valence-corrected chi connectivity index (χ4v) is 6.88. The second-order valence-corrected chi connectivity index (χ2v) is 11.9. The van der Waals surface area contributed by atoms with Gasteiger partial charge in [-0.15, -0.1) is 11.3 Å². The van der Waals surface area contributed by atoms with Crippen molar-refractivity contribution in [1.82, 2.24) is 14.9 Å². The monoisotopic (exact) mass is 652 g/mol. The van der Waals surface area contributed by atoms with E-state index in [0.29, 0.717) is 23.9 Å². The van der Waals surface area contributed by atoms with E-state index in [2.05, 4.69) is 14.9 Å². The smallest absolute Gasteiger partial charge is 0.417 e. The maximum absolute atomic E-state index is 16.1. The molecule has 2 aliphatic heterocycles. The van der Waals surface area contributed by atoms with Crippen LogP contribution in [0.25, 0.3) is 32.1 Å². The van der Waals surface area contributed by atoms with Crippen molar-refractivity contribution in [2.24, 2.45) is 0 Å². The molecule has 4 heterocycles. The number of methoxy groups -OCH3 is 2. The second kappa shape index (κ2) is 12.9. The third-order valence-electron chi connectivity index (χ3n) is 8.03. The van der Waals surface area contributed by atoms with E-state index >= 15 is 4.39 Å². The standard InChI is InChI=1S/C23H18F5N5O2S.C7H12FN/c1-33(6-7-34-2)21-11-8-13(23(26,27)28)16(17(25)18(11)31-22(32-21)35-3)10-4-5-14(24)19-15(10)12(9-29)20(30)36-19;8-6-4-7-2-1-3-9(7)5-6/h4-5,8H,6-7,30H2,1-3H3;6-7H,1-5H2. The highest BCUT2D eigenvalue weighted by Crippen LogP contribution is 2.47. The van der Waals surface area contributed by atoms with Gasteiger partial charge in [0.25, 0.3) is 0 Å². The van der Waals surface area contributed by atoms with E-state index in [1.807, 2.05) is 0 Å². The van der Waals surface area contributed by atoms with Gasteiger partial charge in [-0.2, -0.15) is 28.4 Å². The molecule has 2 aromatic heterocycles. The number of alkyl halides is 4. The number of likely N-dealkylation sites (N-methyl/N-ethyl adjacent to an activating group) is 1. The molecule has 2 saturated heterocycles. The molecule has 45 heavy (non-hydrogen) atoms. The van der Waals surface area contributed by atoms with Crippen LogP contribution in [-0.4, -0.2) is 74.6 Å². The zero-order valence-electron chi connectivity index (χ0n) is 24.6. The summed E-state index contributed by atoms with van der Waals surface area (Å²) in [5.74, 6) is -2.14. The number of nitriles is 1. The first-order valence-corrected chi connectivity index (χ1v) is 14.9. The Kier molecular flexibility index (Phi) is 9.29. The molecule has 240 valence electrons. The SMILES string of the molecule is COCCN(C)c1nc(OC)nc2c(F)c(-c3ccc(F)c4sc(N)c(C#N)c34)c(C(F)(F)F)cc12.FC1CC2CCCN2C1. The van der Waals surface area contributed by atoms with Gasteiger partial charge in [0.15, 0.2) is 5.82 Å². The van der Waals surface area contributed by atoms with Crippen LogP contribution in [0.4, 0.5) is 37.2 Å². The highest BCUT2D eigenvalue weighted by molar-refractivity contribution is 7.23. The van der Waals surface area contributed by atoms with Gasteiger partial charge >= 0.3 is 12.2 Å². The Hall–Kier alpha value is -3.87. The molecular weight excluding hydrogens is 622 g/mol. The van der Waals surface area contributed by atoms with Crippen molar-refractivity contribution in [3.8, 4) is 23.2 Å². The van der Waals surface area contributed by atoms with Gasteiger partial charge in [-0.05, 0) is 43.5 Å². The van der Waals surface area contributed by atoms with Crippen LogP contribution in [0, 0.1) is 23.0 Å². The summed E-state index contributed by atoms with van der Waals surface area (Å²) in [4.78, 5) is 11.9. The lowest BCUT2D eigenvalue weighted by molar-refractivity contribution is -0.137. The summed E-state index contributed by atoms with van der Waals surface area (Å²) < 4.78 is 96.3. The Balaban J connectivity index is 0.000000377. The molecule has 2 aliphatic rings. The number of rotatable bonds is 6. The number of hydrogen-bond donors (Lipinski definition) is 1. The molecular formula is C30H30F6N6O2S. The van der Waals surface area contributed by atoms with Crippen molar-refractivity contribution in [1.29, 1.82) is 5.26 Å². The van der Waals surface area contributed by atoms with Crippen LogP contribution in [0.5, 0.6) is 6.01 Å². The van der Waals surface area contributed by atoms with Crippen molar-refractivity contribution in [3.63, 3.8) is 0 Å². The van der Waals surface area contributed by atoms with E-state index in [1.54, 1.807) is 13.1 Å². The van der Waals surface area contributed by atoms with Gasteiger partial charge in [0.05, 0.1) is 29.5 Å². The third-order valence-corrected chi connectivity index (χ3v) is 9.06. The van der Waals surface area contributed by atoms with E-state index in [0.717, 1.165) is 31.2 Å². The number of nitrogen functional groups attached to an aromatic ring is 1. The van der Waals surface area contributed by atoms with E-state index < -0.39 is 40.6 Å². The average molecular weight is 653 g/mol. The van der Waals surface area contributed by atoms with Crippen LogP contribution in [0.2, 0.25) is 0 Å². The molecule has 6 rings (SSSR count). The van der Waals surface area contributed by atoms with Crippen LogP contribution >= 0.6 is 11.3 Å². The number of anilines is 2. The predicted molar refractivity (Wildman–Crippen MR) is 160 cm³/mol. The number of thiophene rings is 1. The Bertz CT molecular complexity index is 1760. The average Bonchev–Trinajstić information content (AvgIpc) is 3.68. The van der Waals surface area contributed by atoms with Crippen molar-refractivity contribution >= 4 is 43.1 Å². The molecule has 4 aromatic rings. The Morgan fingerprint density at radius 1 is 1.22 bits per heavy atom. The Labute approximate surface area is 259 Å². The molecule has 8 nitrogen and oxygen atoms in total. The molecule has 0 bridgehead atoms. The summed E-state index contributed by atoms with van der Waals surface area (Å²) in [5.41, 5.74) is 2.57. The van der Waals surface area contributed by atoms with Crippen LogP contribution in [-0.2, 0) is 10.9 Å². The summed E-state index contributed by atoms with van der Waals surface area (Å²) in [6, 6.07) is 4.76. The van der Waals surface area contributed by atoms with Crippen molar-refractivity contribution in [2.75, 3.05) is 58.1 Å².